The first-order valence-corrected chi connectivity index (χ1v) is 18.7. The molecular weight excluding hydrogens is 717 g/mol. The minimum absolute atomic E-state index is 0.0111. The first-order valence-electron chi connectivity index (χ1n) is 17.2. The Kier molecular flexibility index (Phi) is 14.0. The minimum atomic E-state index is -4.51. The van der Waals surface area contributed by atoms with Crippen molar-refractivity contribution in [3.05, 3.63) is 77.9 Å². The second kappa shape index (κ2) is 18.0. The summed E-state index contributed by atoms with van der Waals surface area (Å²) in [6.07, 6.45) is -3.39. The standard InChI is InChI=1S/C37H47F3N4O8S/c1-24-21-44(25(2)23-45)35(46)32-20-29(42-53(48,49)31-16-14-30(50-5)15-17-31)13-18-33(32)52-26(3)8-6-7-19-51-34(24)22-43(4)36(47)41-28-11-9-27(10-12-28)37(38,39)40/h9-18,20,24-26,34,42,45H,6-8,19,21-23H2,1-5H3,(H,41,47)/t24-,25+,26+,34+/m1/s1. The third-order valence-corrected chi connectivity index (χ3v) is 10.3. The summed E-state index contributed by atoms with van der Waals surface area (Å²) < 4.78 is 85.7. The highest BCUT2D eigenvalue weighted by Crippen LogP contribution is 2.31. The van der Waals surface area contributed by atoms with Crippen molar-refractivity contribution in [2.24, 2.45) is 5.92 Å². The largest absolute Gasteiger partial charge is 0.497 e. The highest BCUT2D eigenvalue weighted by Gasteiger charge is 2.32. The number of sulfonamides is 1. The minimum Gasteiger partial charge on any atom is -0.497 e. The lowest BCUT2D eigenvalue weighted by Crippen LogP contribution is -2.48. The maximum absolute atomic E-state index is 14.4. The third-order valence-electron chi connectivity index (χ3n) is 8.94. The van der Waals surface area contributed by atoms with Crippen LogP contribution in [0.1, 0.15) is 56.0 Å². The number of likely N-dealkylation sites (N-methyl/N-ethyl adjacent to an activating group) is 1. The number of alkyl halides is 3. The van der Waals surface area contributed by atoms with Crippen molar-refractivity contribution >= 4 is 33.3 Å². The van der Waals surface area contributed by atoms with E-state index in [-0.39, 0.29) is 53.4 Å². The van der Waals surface area contributed by atoms with Crippen molar-refractivity contribution in [1.82, 2.24) is 9.80 Å². The topological polar surface area (TPSA) is 147 Å². The molecular formula is C37H47F3N4O8S. The second-order valence-electron chi connectivity index (χ2n) is 13.2. The van der Waals surface area contributed by atoms with E-state index in [0.717, 1.165) is 18.6 Å². The molecule has 1 aliphatic rings. The summed E-state index contributed by atoms with van der Waals surface area (Å²) in [5.41, 5.74) is -0.445. The number of benzene rings is 3. The molecule has 3 aromatic rings. The Morgan fingerprint density at radius 3 is 2.34 bits per heavy atom. The number of halogens is 3. The number of amides is 3. The number of anilines is 2. The van der Waals surface area contributed by atoms with Gasteiger partial charge in [-0.25, -0.2) is 13.2 Å². The Labute approximate surface area is 308 Å². The summed E-state index contributed by atoms with van der Waals surface area (Å²) in [6, 6.07) is 13.2. The van der Waals surface area contributed by atoms with Gasteiger partial charge < -0.3 is 34.4 Å². The molecule has 0 unspecified atom stereocenters. The molecule has 0 aliphatic carbocycles. The van der Waals surface area contributed by atoms with E-state index in [4.69, 9.17) is 14.2 Å². The number of rotatable bonds is 9. The average molecular weight is 765 g/mol. The molecule has 0 spiro atoms. The molecule has 1 heterocycles. The molecule has 0 bridgehead atoms. The zero-order valence-corrected chi connectivity index (χ0v) is 31.2. The van der Waals surface area contributed by atoms with Gasteiger partial charge in [0.1, 0.15) is 11.5 Å². The highest BCUT2D eigenvalue weighted by atomic mass is 32.2. The van der Waals surface area contributed by atoms with Gasteiger partial charge in [0.05, 0.1) is 48.0 Å². The van der Waals surface area contributed by atoms with Crippen molar-refractivity contribution in [1.29, 1.82) is 0 Å². The Bertz CT molecular complexity index is 1790. The van der Waals surface area contributed by atoms with Crippen LogP contribution in [0.4, 0.5) is 29.3 Å². The molecule has 53 heavy (non-hydrogen) atoms. The third kappa shape index (κ3) is 11.2. The van der Waals surface area contributed by atoms with Crippen LogP contribution in [0.15, 0.2) is 71.6 Å². The summed E-state index contributed by atoms with van der Waals surface area (Å²) in [6.45, 7) is 5.52. The lowest BCUT2D eigenvalue weighted by Gasteiger charge is -2.35. The van der Waals surface area contributed by atoms with Crippen molar-refractivity contribution < 1.29 is 50.5 Å². The van der Waals surface area contributed by atoms with Gasteiger partial charge in [0.2, 0.25) is 0 Å². The number of hydrogen-bond donors (Lipinski definition) is 3. The zero-order valence-electron chi connectivity index (χ0n) is 30.4. The van der Waals surface area contributed by atoms with Gasteiger partial charge in [-0.05, 0) is 99.8 Å². The predicted octanol–water partition coefficient (Wildman–Crippen LogP) is 6.47. The number of aliphatic hydroxyl groups is 1. The molecule has 3 amide bonds. The molecule has 0 saturated carbocycles. The number of methoxy groups -OCH3 is 1. The van der Waals surface area contributed by atoms with Crippen LogP contribution in [-0.4, -0.2) is 94.0 Å². The van der Waals surface area contributed by atoms with Crippen LogP contribution in [0, 0.1) is 5.92 Å². The molecule has 4 atom stereocenters. The lowest BCUT2D eigenvalue weighted by atomic mass is 10.0. The molecule has 0 fully saturated rings. The number of carbonyl (C=O) groups is 2. The molecule has 3 N–H and O–H groups in total. The quantitative estimate of drug-likeness (QED) is 0.225. The Balaban J connectivity index is 1.59. The molecule has 0 aromatic heterocycles. The van der Waals surface area contributed by atoms with Gasteiger partial charge in [-0.2, -0.15) is 13.2 Å². The van der Waals surface area contributed by atoms with E-state index in [1.54, 1.807) is 13.0 Å². The van der Waals surface area contributed by atoms with Gasteiger partial charge in [0.15, 0.2) is 0 Å². The molecule has 290 valence electrons. The normalized spacial score (nSPS) is 19.6. The van der Waals surface area contributed by atoms with Gasteiger partial charge in [-0.1, -0.05) is 6.92 Å². The van der Waals surface area contributed by atoms with Gasteiger partial charge in [-0.3, -0.25) is 9.52 Å². The van der Waals surface area contributed by atoms with Crippen molar-refractivity contribution in [2.45, 2.75) is 69.4 Å². The zero-order chi connectivity index (χ0) is 38.9. The SMILES string of the molecule is COc1ccc(S(=O)(=O)Nc2ccc3c(c2)C(=O)N([C@@H](C)CO)C[C@@H](C)[C@H](CN(C)C(=O)Nc2ccc(C(F)(F)F)cc2)OCCCC[C@H](C)O3)cc1. The first kappa shape index (κ1) is 41.2. The average Bonchev–Trinajstić information content (AvgIpc) is 3.12. The van der Waals surface area contributed by atoms with Crippen LogP contribution in [0.5, 0.6) is 11.5 Å². The van der Waals surface area contributed by atoms with E-state index < -0.39 is 51.8 Å². The fourth-order valence-corrected chi connectivity index (χ4v) is 6.78. The molecule has 0 saturated heterocycles. The van der Waals surface area contributed by atoms with Gasteiger partial charge >= 0.3 is 12.2 Å². The fourth-order valence-electron chi connectivity index (χ4n) is 5.73. The van der Waals surface area contributed by atoms with Gasteiger partial charge in [0, 0.05) is 44.0 Å². The smallest absolute Gasteiger partial charge is 0.416 e. The Morgan fingerprint density at radius 2 is 1.72 bits per heavy atom. The van der Waals surface area contributed by atoms with E-state index in [9.17, 15) is 36.3 Å². The first-order chi connectivity index (χ1) is 25.0. The van der Waals surface area contributed by atoms with Gasteiger partial charge in [-0.15, -0.1) is 0 Å². The number of fused-ring (bicyclic) bond motifs is 1. The highest BCUT2D eigenvalue weighted by molar-refractivity contribution is 7.92. The van der Waals surface area contributed by atoms with E-state index in [0.29, 0.717) is 25.2 Å². The Hall–Kier alpha value is -4.54. The summed E-state index contributed by atoms with van der Waals surface area (Å²) in [7, 11) is -1.05. The summed E-state index contributed by atoms with van der Waals surface area (Å²) in [5.74, 6) is -0.171. The van der Waals surface area contributed by atoms with E-state index >= 15 is 0 Å². The summed E-state index contributed by atoms with van der Waals surface area (Å²) >= 11 is 0. The Morgan fingerprint density at radius 1 is 1.06 bits per heavy atom. The number of nitrogens with zero attached hydrogens (tertiary/aromatic N) is 2. The molecule has 0 radical (unpaired) electrons. The molecule has 4 rings (SSSR count). The number of hydrogen-bond acceptors (Lipinski definition) is 8. The predicted molar refractivity (Wildman–Crippen MR) is 194 cm³/mol. The number of aliphatic hydroxyl groups excluding tert-OH is 1. The van der Waals surface area contributed by atoms with E-state index in [1.807, 2.05) is 13.8 Å². The lowest BCUT2D eigenvalue weighted by molar-refractivity contribution is -0.137. The van der Waals surface area contributed by atoms with Crippen LogP contribution in [-0.2, 0) is 20.9 Å². The summed E-state index contributed by atoms with van der Waals surface area (Å²) in [5, 5.41) is 12.8. The number of ether oxygens (including phenoxy) is 3. The van der Waals surface area contributed by atoms with Crippen molar-refractivity contribution in [2.75, 3.05) is 50.5 Å². The van der Waals surface area contributed by atoms with Crippen LogP contribution in [0.3, 0.4) is 0 Å². The maximum atomic E-state index is 14.4. The maximum Gasteiger partial charge on any atom is 0.416 e. The number of carbonyl (C=O) groups excluding carboxylic acids is 2. The molecule has 16 heteroatoms. The summed E-state index contributed by atoms with van der Waals surface area (Å²) in [4.78, 5) is 30.3. The number of nitrogens with one attached hydrogen (secondary N) is 2. The van der Waals surface area contributed by atoms with E-state index in [1.165, 1.54) is 72.5 Å². The van der Waals surface area contributed by atoms with Crippen molar-refractivity contribution in [3.8, 4) is 11.5 Å². The second-order valence-corrected chi connectivity index (χ2v) is 14.9. The van der Waals surface area contributed by atoms with Crippen LogP contribution in [0.2, 0.25) is 0 Å². The van der Waals surface area contributed by atoms with Crippen LogP contribution < -0.4 is 19.5 Å². The number of urea groups is 1. The van der Waals surface area contributed by atoms with Crippen LogP contribution >= 0.6 is 0 Å². The molecule has 1 aliphatic heterocycles. The monoisotopic (exact) mass is 764 g/mol. The van der Waals surface area contributed by atoms with Crippen molar-refractivity contribution in [3.63, 3.8) is 0 Å². The van der Waals surface area contributed by atoms with E-state index in [2.05, 4.69) is 10.0 Å². The van der Waals surface area contributed by atoms with Crippen LogP contribution in [0.25, 0.3) is 0 Å². The fraction of sp³-hybridized carbons (Fsp3) is 0.459. The molecule has 12 nitrogen and oxygen atoms in total. The van der Waals surface area contributed by atoms with Gasteiger partial charge in [0.25, 0.3) is 15.9 Å². The molecule has 3 aromatic carbocycles.